The van der Waals surface area contributed by atoms with Gasteiger partial charge in [0, 0.05) is 17.5 Å². The average molecular weight is 329 g/mol. The second-order valence-electron chi connectivity index (χ2n) is 6.18. The summed E-state index contributed by atoms with van der Waals surface area (Å²) in [5, 5.41) is 3.17. The van der Waals surface area contributed by atoms with Crippen LogP contribution < -0.4 is 10.1 Å². The number of benzene rings is 3. The maximum absolute atomic E-state index is 12.6. The summed E-state index contributed by atoms with van der Waals surface area (Å²) in [5.74, 6) is 0.773. The average Bonchev–Trinajstić information content (AvgIpc) is 2.69. The predicted octanol–water partition coefficient (Wildman–Crippen LogP) is 4.68. The molecule has 1 heterocycles. The van der Waals surface area contributed by atoms with E-state index in [-0.39, 0.29) is 18.1 Å². The van der Waals surface area contributed by atoms with Gasteiger partial charge in [-0.25, -0.2) is 0 Å². The van der Waals surface area contributed by atoms with Gasteiger partial charge in [-0.15, -0.1) is 0 Å². The molecule has 3 aromatic carbocycles. The molecule has 0 radical (unpaired) electrons. The molecule has 4 rings (SSSR count). The number of carbonyl (C=O) groups is 1. The maximum atomic E-state index is 12.6. The van der Waals surface area contributed by atoms with Crippen LogP contribution in [0.25, 0.3) is 0 Å². The number of nitrogens with one attached hydrogen (secondary N) is 1. The van der Waals surface area contributed by atoms with Gasteiger partial charge in [-0.2, -0.15) is 0 Å². The highest BCUT2D eigenvalue weighted by Crippen LogP contribution is 2.40. The lowest BCUT2D eigenvalue weighted by molar-refractivity contribution is 0.0898. The van der Waals surface area contributed by atoms with Crippen molar-refractivity contribution in [3.8, 4) is 5.75 Å². The van der Waals surface area contributed by atoms with E-state index in [9.17, 15) is 4.79 Å². The standard InChI is InChI=1S/C22H19NO2/c24-22(17-11-5-2-6-12-17)23-19-15-21(16-9-3-1-4-10-16)25-20-14-8-7-13-18(19)20/h1-14,19,21H,15H2,(H,23,24)/t19-,21+/m1/s1. The molecule has 3 nitrogen and oxygen atoms in total. The number of rotatable bonds is 3. The number of hydrogen-bond acceptors (Lipinski definition) is 2. The minimum atomic E-state index is -0.0807. The van der Waals surface area contributed by atoms with E-state index in [0.29, 0.717) is 12.0 Å². The lowest BCUT2D eigenvalue weighted by Gasteiger charge is -2.33. The van der Waals surface area contributed by atoms with Crippen LogP contribution >= 0.6 is 0 Å². The van der Waals surface area contributed by atoms with Crippen molar-refractivity contribution in [2.75, 3.05) is 0 Å². The van der Waals surface area contributed by atoms with Crippen LogP contribution in [0.1, 0.15) is 40.1 Å². The molecule has 0 aromatic heterocycles. The first kappa shape index (κ1) is 15.5. The normalized spacial score (nSPS) is 18.7. The Hall–Kier alpha value is -3.07. The molecule has 0 unspecified atom stereocenters. The molecule has 1 aliphatic heterocycles. The van der Waals surface area contributed by atoms with Gasteiger partial charge in [0.05, 0.1) is 6.04 Å². The molecule has 1 aliphatic rings. The van der Waals surface area contributed by atoms with Crippen molar-refractivity contribution in [1.82, 2.24) is 5.32 Å². The first-order chi connectivity index (χ1) is 12.3. The van der Waals surface area contributed by atoms with Crippen molar-refractivity contribution >= 4 is 5.91 Å². The van der Waals surface area contributed by atoms with Gasteiger partial charge in [-0.3, -0.25) is 4.79 Å². The Labute approximate surface area is 147 Å². The van der Waals surface area contributed by atoms with Crippen LogP contribution in [-0.4, -0.2) is 5.91 Å². The molecule has 25 heavy (non-hydrogen) atoms. The summed E-state index contributed by atoms with van der Waals surface area (Å²) in [5.41, 5.74) is 2.82. The van der Waals surface area contributed by atoms with E-state index in [4.69, 9.17) is 4.74 Å². The van der Waals surface area contributed by atoms with E-state index in [1.165, 1.54) is 0 Å². The van der Waals surface area contributed by atoms with Crippen molar-refractivity contribution in [2.45, 2.75) is 18.6 Å². The first-order valence-corrected chi connectivity index (χ1v) is 8.48. The lowest BCUT2D eigenvalue weighted by atomic mass is 9.92. The van der Waals surface area contributed by atoms with Crippen LogP contribution in [0.2, 0.25) is 0 Å². The Kier molecular flexibility index (Phi) is 4.21. The van der Waals surface area contributed by atoms with E-state index < -0.39 is 0 Å². The van der Waals surface area contributed by atoms with Gasteiger partial charge in [-0.05, 0) is 23.8 Å². The summed E-state index contributed by atoms with van der Waals surface area (Å²) in [6.07, 6.45) is 0.636. The predicted molar refractivity (Wildman–Crippen MR) is 97.5 cm³/mol. The van der Waals surface area contributed by atoms with Crippen molar-refractivity contribution in [2.24, 2.45) is 0 Å². The van der Waals surface area contributed by atoms with E-state index in [1.807, 2.05) is 72.8 Å². The fourth-order valence-corrected chi connectivity index (χ4v) is 3.26. The van der Waals surface area contributed by atoms with Gasteiger partial charge in [0.2, 0.25) is 0 Å². The fourth-order valence-electron chi connectivity index (χ4n) is 3.26. The molecule has 0 bridgehead atoms. The van der Waals surface area contributed by atoms with Gasteiger partial charge >= 0.3 is 0 Å². The van der Waals surface area contributed by atoms with E-state index >= 15 is 0 Å². The molecule has 124 valence electrons. The van der Waals surface area contributed by atoms with Gasteiger partial charge < -0.3 is 10.1 Å². The SMILES string of the molecule is O=C(N[C@@H]1C[C@@H](c2ccccc2)Oc2ccccc21)c1ccccc1. The molecule has 1 N–H and O–H groups in total. The van der Waals surface area contributed by atoms with Gasteiger partial charge in [-0.1, -0.05) is 66.7 Å². The number of ether oxygens (including phenoxy) is 1. The summed E-state index contributed by atoms with van der Waals surface area (Å²) in [6, 6.07) is 27.3. The number of amides is 1. The quantitative estimate of drug-likeness (QED) is 0.757. The maximum Gasteiger partial charge on any atom is 0.251 e. The van der Waals surface area contributed by atoms with E-state index in [2.05, 4.69) is 17.4 Å². The minimum absolute atomic E-state index is 0.0610. The first-order valence-electron chi connectivity index (χ1n) is 8.48. The Balaban J connectivity index is 1.62. The summed E-state index contributed by atoms with van der Waals surface area (Å²) >= 11 is 0. The fraction of sp³-hybridized carbons (Fsp3) is 0.136. The second-order valence-corrected chi connectivity index (χ2v) is 6.18. The third-order valence-corrected chi connectivity index (χ3v) is 4.53. The van der Waals surface area contributed by atoms with E-state index in [1.54, 1.807) is 0 Å². The van der Waals surface area contributed by atoms with Crippen LogP contribution in [-0.2, 0) is 0 Å². The molecule has 2 atom stereocenters. The highest BCUT2D eigenvalue weighted by molar-refractivity contribution is 5.94. The zero-order valence-electron chi connectivity index (χ0n) is 13.8. The third kappa shape index (κ3) is 3.26. The number of carbonyl (C=O) groups excluding carboxylic acids is 1. The molecule has 0 saturated heterocycles. The molecular weight excluding hydrogens is 310 g/mol. The van der Waals surface area contributed by atoms with Crippen molar-refractivity contribution in [3.63, 3.8) is 0 Å². The molecule has 0 aliphatic carbocycles. The smallest absolute Gasteiger partial charge is 0.251 e. The number of hydrogen-bond donors (Lipinski definition) is 1. The van der Waals surface area contributed by atoms with Gasteiger partial charge in [0.1, 0.15) is 11.9 Å². The van der Waals surface area contributed by atoms with Crippen molar-refractivity contribution in [3.05, 3.63) is 102 Å². The zero-order chi connectivity index (χ0) is 17.1. The van der Waals surface area contributed by atoms with Crippen molar-refractivity contribution in [1.29, 1.82) is 0 Å². The van der Waals surface area contributed by atoms with Crippen LogP contribution in [0.15, 0.2) is 84.9 Å². The number of fused-ring (bicyclic) bond motifs is 1. The van der Waals surface area contributed by atoms with Crippen LogP contribution in [0.4, 0.5) is 0 Å². The second kappa shape index (κ2) is 6.81. The van der Waals surface area contributed by atoms with E-state index in [0.717, 1.165) is 16.9 Å². The lowest BCUT2D eigenvalue weighted by Crippen LogP contribution is -2.33. The highest BCUT2D eigenvalue weighted by Gasteiger charge is 2.30. The third-order valence-electron chi connectivity index (χ3n) is 4.53. The number of para-hydroxylation sites is 1. The largest absolute Gasteiger partial charge is 0.485 e. The molecule has 0 saturated carbocycles. The van der Waals surface area contributed by atoms with Gasteiger partial charge in [0.25, 0.3) is 5.91 Å². The summed E-state index contributed by atoms with van der Waals surface area (Å²) in [4.78, 5) is 12.6. The monoisotopic (exact) mass is 329 g/mol. The Bertz CT molecular complexity index is 861. The summed E-state index contributed by atoms with van der Waals surface area (Å²) in [7, 11) is 0. The molecule has 3 heteroatoms. The topological polar surface area (TPSA) is 38.3 Å². The Morgan fingerprint density at radius 2 is 1.48 bits per heavy atom. The highest BCUT2D eigenvalue weighted by atomic mass is 16.5. The Morgan fingerprint density at radius 1 is 0.840 bits per heavy atom. The van der Waals surface area contributed by atoms with Crippen molar-refractivity contribution < 1.29 is 9.53 Å². The molecule has 3 aromatic rings. The van der Waals surface area contributed by atoms with Crippen LogP contribution in [0, 0.1) is 0 Å². The molecule has 0 fully saturated rings. The molecule has 0 spiro atoms. The molecule has 1 amide bonds. The molecular formula is C22H19NO2. The Morgan fingerprint density at radius 3 is 2.24 bits per heavy atom. The van der Waals surface area contributed by atoms with Gasteiger partial charge in [0.15, 0.2) is 0 Å². The van der Waals surface area contributed by atoms with Crippen LogP contribution in [0.3, 0.4) is 0 Å². The minimum Gasteiger partial charge on any atom is -0.485 e. The summed E-state index contributed by atoms with van der Waals surface area (Å²) in [6.45, 7) is 0. The van der Waals surface area contributed by atoms with Crippen LogP contribution in [0.5, 0.6) is 5.75 Å². The zero-order valence-corrected chi connectivity index (χ0v) is 13.8. The summed E-state index contributed by atoms with van der Waals surface area (Å²) < 4.78 is 6.18.